The first-order chi connectivity index (χ1) is 12.6. The highest BCUT2D eigenvalue weighted by Gasteiger charge is 2.22. The van der Waals surface area contributed by atoms with Gasteiger partial charge in [0, 0.05) is 36.9 Å². The minimum absolute atomic E-state index is 0.0106. The molecule has 1 aliphatic rings. The van der Waals surface area contributed by atoms with E-state index in [1.54, 1.807) is 13.2 Å². The lowest BCUT2D eigenvalue weighted by Gasteiger charge is -2.36. The van der Waals surface area contributed by atoms with E-state index in [0.717, 1.165) is 29.4 Å². The molecule has 0 bridgehead atoms. The number of carbonyl (C=O) groups excluding carboxylic acids is 1. The third-order valence-electron chi connectivity index (χ3n) is 4.57. The molecular weight excluding hydrogens is 352 g/mol. The molecule has 0 spiro atoms. The third kappa shape index (κ3) is 4.22. The van der Waals surface area contributed by atoms with Gasteiger partial charge in [-0.05, 0) is 36.8 Å². The van der Waals surface area contributed by atoms with Crippen LogP contribution in [0.2, 0.25) is 5.02 Å². The predicted molar refractivity (Wildman–Crippen MR) is 103 cm³/mol. The molecule has 2 aromatic carbocycles. The summed E-state index contributed by atoms with van der Waals surface area (Å²) in [7, 11) is 1.58. The van der Waals surface area contributed by atoms with Gasteiger partial charge in [0.25, 0.3) is 5.91 Å². The second kappa shape index (κ2) is 8.32. The van der Waals surface area contributed by atoms with E-state index in [-0.39, 0.29) is 12.5 Å². The fourth-order valence-corrected chi connectivity index (χ4v) is 3.14. The highest BCUT2D eigenvalue weighted by molar-refractivity contribution is 6.31. The normalized spacial score (nSPS) is 14.3. The van der Waals surface area contributed by atoms with Gasteiger partial charge in [0.15, 0.2) is 18.1 Å². The van der Waals surface area contributed by atoms with Gasteiger partial charge in [-0.3, -0.25) is 4.79 Å². The maximum Gasteiger partial charge on any atom is 0.260 e. The highest BCUT2D eigenvalue weighted by atomic mass is 35.5. The van der Waals surface area contributed by atoms with E-state index in [1.807, 2.05) is 42.2 Å². The molecule has 1 fully saturated rings. The van der Waals surface area contributed by atoms with Crippen LogP contribution >= 0.6 is 11.6 Å². The quantitative estimate of drug-likeness (QED) is 0.804. The molecule has 2 aromatic rings. The monoisotopic (exact) mass is 374 g/mol. The Morgan fingerprint density at radius 3 is 2.42 bits per heavy atom. The number of para-hydroxylation sites is 2. The van der Waals surface area contributed by atoms with E-state index in [9.17, 15) is 4.79 Å². The standard InChI is InChI=1S/C20H23ClN2O3/c1-15-7-8-16(13-17(15)21)22-9-11-23(12-10-22)20(24)14-26-19-6-4-3-5-18(19)25-2/h3-8,13H,9-12,14H2,1-2H3. The van der Waals surface area contributed by atoms with Gasteiger partial charge in [0.2, 0.25) is 0 Å². The van der Waals surface area contributed by atoms with Gasteiger partial charge in [-0.2, -0.15) is 0 Å². The fourth-order valence-electron chi connectivity index (χ4n) is 2.96. The van der Waals surface area contributed by atoms with Crippen LogP contribution in [-0.2, 0) is 4.79 Å². The maximum absolute atomic E-state index is 12.4. The Hall–Kier alpha value is -2.40. The van der Waals surface area contributed by atoms with Crippen molar-refractivity contribution < 1.29 is 14.3 Å². The summed E-state index contributed by atoms with van der Waals surface area (Å²) in [5.41, 5.74) is 2.16. The van der Waals surface area contributed by atoms with Crippen molar-refractivity contribution in [3.05, 3.63) is 53.1 Å². The lowest BCUT2D eigenvalue weighted by molar-refractivity contribution is -0.133. The number of ether oxygens (including phenoxy) is 2. The first-order valence-electron chi connectivity index (χ1n) is 8.63. The van der Waals surface area contributed by atoms with E-state index in [1.165, 1.54) is 0 Å². The van der Waals surface area contributed by atoms with Crippen molar-refractivity contribution in [1.82, 2.24) is 4.90 Å². The predicted octanol–water partition coefficient (Wildman–Crippen LogP) is 3.38. The summed E-state index contributed by atoms with van der Waals surface area (Å²) in [4.78, 5) is 16.5. The zero-order valence-electron chi connectivity index (χ0n) is 15.1. The first-order valence-corrected chi connectivity index (χ1v) is 9.01. The minimum atomic E-state index is -0.0162. The average Bonchev–Trinajstić information content (AvgIpc) is 2.68. The number of hydrogen-bond acceptors (Lipinski definition) is 4. The molecule has 6 heteroatoms. The molecule has 1 amide bonds. The Morgan fingerprint density at radius 1 is 1.08 bits per heavy atom. The van der Waals surface area contributed by atoms with Crippen LogP contribution in [-0.4, -0.2) is 50.7 Å². The molecule has 0 radical (unpaired) electrons. The van der Waals surface area contributed by atoms with Gasteiger partial charge in [-0.25, -0.2) is 0 Å². The molecule has 1 heterocycles. The Kier molecular flexibility index (Phi) is 5.89. The largest absolute Gasteiger partial charge is 0.493 e. The van der Waals surface area contributed by atoms with Crippen LogP contribution in [0.15, 0.2) is 42.5 Å². The molecule has 0 N–H and O–H groups in total. The molecule has 0 aliphatic carbocycles. The van der Waals surface area contributed by atoms with Gasteiger partial charge in [-0.1, -0.05) is 29.8 Å². The van der Waals surface area contributed by atoms with E-state index < -0.39 is 0 Å². The molecule has 138 valence electrons. The number of hydrogen-bond donors (Lipinski definition) is 0. The summed E-state index contributed by atoms with van der Waals surface area (Å²) >= 11 is 6.22. The number of benzene rings is 2. The summed E-state index contributed by atoms with van der Waals surface area (Å²) in [5.74, 6) is 1.19. The zero-order valence-corrected chi connectivity index (χ0v) is 15.8. The number of rotatable bonds is 5. The summed E-state index contributed by atoms with van der Waals surface area (Å²) in [6, 6.07) is 13.4. The van der Waals surface area contributed by atoms with Gasteiger partial charge >= 0.3 is 0 Å². The van der Waals surface area contributed by atoms with Crippen molar-refractivity contribution in [1.29, 1.82) is 0 Å². The highest BCUT2D eigenvalue weighted by Crippen LogP contribution is 2.26. The van der Waals surface area contributed by atoms with Crippen molar-refractivity contribution in [3.63, 3.8) is 0 Å². The van der Waals surface area contributed by atoms with Crippen LogP contribution in [0.4, 0.5) is 5.69 Å². The Bertz CT molecular complexity index is 773. The van der Waals surface area contributed by atoms with Gasteiger partial charge < -0.3 is 19.3 Å². The molecular formula is C20H23ClN2O3. The van der Waals surface area contributed by atoms with Gasteiger partial charge in [0.1, 0.15) is 0 Å². The summed E-state index contributed by atoms with van der Waals surface area (Å²) in [5, 5.41) is 0.770. The molecule has 26 heavy (non-hydrogen) atoms. The van der Waals surface area contributed by atoms with Crippen molar-refractivity contribution in [2.24, 2.45) is 0 Å². The number of halogens is 1. The SMILES string of the molecule is COc1ccccc1OCC(=O)N1CCN(c2ccc(C)c(Cl)c2)CC1. The number of methoxy groups -OCH3 is 1. The van der Waals surface area contributed by atoms with E-state index in [2.05, 4.69) is 11.0 Å². The van der Waals surface area contributed by atoms with Crippen LogP contribution in [0.25, 0.3) is 0 Å². The Morgan fingerprint density at radius 2 is 1.77 bits per heavy atom. The lowest BCUT2D eigenvalue weighted by Crippen LogP contribution is -2.50. The number of carbonyl (C=O) groups is 1. The number of amides is 1. The van der Waals surface area contributed by atoms with Crippen molar-refractivity contribution >= 4 is 23.2 Å². The lowest BCUT2D eigenvalue weighted by atomic mass is 10.2. The number of piperazine rings is 1. The molecule has 1 saturated heterocycles. The molecule has 5 nitrogen and oxygen atoms in total. The van der Waals surface area contributed by atoms with E-state index in [0.29, 0.717) is 24.6 Å². The third-order valence-corrected chi connectivity index (χ3v) is 4.98. The average molecular weight is 375 g/mol. The molecule has 3 rings (SSSR count). The number of nitrogens with zero attached hydrogens (tertiary/aromatic N) is 2. The van der Waals surface area contributed by atoms with E-state index >= 15 is 0 Å². The number of aryl methyl sites for hydroxylation is 1. The first kappa shape index (κ1) is 18.4. The molecule has 0 unspecified atom stereocenters. The second-order valence-electron chi connectivity index (χ2n) is 6.24. The Balaban J connectivity index is 1.52. The van der Waals surface area contributed by atoms with Crippen LogP contribution in [0.5, 0.6) is 11.5 Å². The van der Waals surface area contributed by atoms with E-state index in [4.69, 9.17) is 21.1 Å². The van der Waals surface area contributed by atoms with Crippen LogP contribution in [0.3, 0.4) is 0 Å². The fraction of sp³-hybridized carbons (Fsp3) is 0.350. The molecule has 0 saturated carbocycles. The van der Waals surface area contributed by atoms with Crippen molar-refractivity contribution in [3.8, 4) is 11.5 Å². The second-order valence-corrected chi connectivity index (χ2v) is 6.65. The van der Waals surface area contributed by atoms with Crippen molar-refractivity contribution in [2.45, 2.75) is 6.92 Å². The summed E-state index contributed by atoms with van der Waals surface area (Å²) < 4.78 is 10.9. The molecule has 1 aliphatic heterocycles. The van der Waals surface area contributed by atoms with Gasteiger partial charge in [-0.15, -0.1) is 0 Å². The Labute approximate surface area is 159 Å². The summed E-state index contributed by atoms with van der Waals surface area (Å²) in [6.07, 6.45) is 0. The maximum atomic E-state index is 12.4. The van der Waals surface area contributed by atoms with Crippen molar-refractivity contribution in [2.75, 3.05) is 44.8 Å². The van der Waals surface area contributed by atoms with Gasteiger partial charge in [0.05, 0.1) is 7.11 Å². The van der Waals surface area contributed by atoms with Crippen LogP contribution in [0.1, 0.15) is 5.56 Å². The smallest absolute Gasteiger partial charge is 0.260 e. The molecule has 0 atom stereocenters. The molecule has 0 aromatic heterocycles. The number of anilines is 1. The van der Waals surface area contributed by atoms with Crippen LogP contribution in [0, 0.1) is 6.92 Å². The zero-order chi connectivity index (χ0) is 18.5. The summed E-state index contributed by atoms with van der Waals surface area (Å²) in [6.45, 7) is 4.89. The van der Waals surface area contributed by atoms with Crippen LogP contribution < -0.4 is 14.4 Å². The minimum Gasteiger partial charge on any atom is -0.493 e. The topological polar surface area (TPSA) is 42.0 Å².